The van der Waals surface area contributed by atoms with E-state index in [1.807, 2.05) is 53.7 Å². The van der Waals surface area contributed by atoms with Crippen molar-refractivity contribution in [3.8, 4) is 0 Å². The van der Waals surface area contributed by atoms with Crippen LogP contribution < -0.4 is 5.32 Å². The van der Waals surface area contributed by atoms with Crippen LogP contribution in [0.25, 0.3) is 0 Å². The summed E-state index contributed by atoms with van der Waals surface area (Å²) in [5.41, 5.74) is -3.14. The largest absolute Gasteiger partial charge is 0.459 e. The molecule has 2 rings (SSSR count). The van der Waals surface area contributed by atoms with Gasteiger partial charge in [0.2, 0.25) is 5.91 Å². The van der Waals surface area contributed by atoms with Gasteiger partial charge in [-0.3, -0.25) is 9.59 Å². The zero-order chi connectivity index (χ0) is 41.0. The molecule has 0 bridgehead atoms. The Morgan fingerprint density at radius 3 is 2.24 bits per heavy atom. The van der Waals surface area contributed by atoms with E-state index in [0.29, 0.717) is 38.8 Å². The van der Waals surface area contributed by atoms with E-state index >= 15 is 0 Å². The summed E-state index contributed by atoms with van der Waals surface area (Å²) in [4.78, 5) is 30.1. The molecule has 2 heterocycles. The maximum Gasteiger partial charge on any atom is 0.311 e. The molecular formula is C41H79N3O10. The summed E-state index contributed by atoms with van der Waals surface area (Å²) in [7, 11) is 5.71. The van der Waals surface area contributed by atoms with E-state index in [1.165, 1.54) is 6.42 Å². The average Bonchev–Trinajstić information content (AvgIpc) is 3.09. The summed E-state index contributed by atoms with van der Waals surface area (Å²) in [5, 5.41) is 50.4. The normalized spacial score (nSPS) is 39.5. The van der Waals surface area contributed by atoms with Crippen LogP contribution in [0.15, 0.2) is 0 Å². The second-order valence-corrected chi connectivity index (χ2v) is 17.3. The SMILES string of the molecule is CCCCCCCC(=O)NCCCO[C@@H]1[C@@H](C)N(C)C[C@H](C)C[C@@](C)(O)[C@H](O[C@@H]2O[C@H](C)C[C@H](N(C)C)[C@H]2O)[C@@H](C)[C@H](O)[C@@H](C)C(=O)O[C@H](CC)[C@@]1(C)O. The summed E-state index contributed by atoms with van der Waals surface area (Å²) in [6, 6.07) is -0.598. The minimum atomic E-state index is -1.62. The van der Waals surface area contributed by atoms with Crippen molar-refractivity contribution in [3.63, 3.8) is 0 Å². The van der Waals surface area contributed by atoms with Crippen molar-refractivity contribution in [2.45, 2.75) is 193 Å². The number of carbonyl (C=O) groups excluding carboxylic acids is 2. The Morgan fingerprint density at radius 2 is 1.63 bits per heavy atom. The maximum absolute atomic E-state index is 13.8. The Morgan fingerprint density at radius 1 is 0.981 bits per heavy atom. The van der Waals surface area contributed by atoms with Crippen molar-refractivity contribution < 1.29 is 49.0 Å². The van der Waals surface area contributed by atoms with Crippen molar-refractivity contribution in [1.82, 2.24) is 15.1 Å². The van der Waals surface area contributed by atoms with Crippen LogP contribution in [-0.4, -0.2) is 149 Å². The summed E-state index contributed by atoms with van der Waals surface area (Å²) < 4.78 is 25.0. The van der Waals surface area contributed by atoms with Gasteiger partial charge >= 0.3 is 5.97 Å². The fourth-order valence-electron chi connectivity index (χ4n) is 8.52. The number of carbonyl (C=O) groups is 2. The highest BCUT2D eigenvalue weighted by Gasteiger charge is 2.50. The highest BCUT2D eigenvalue weighted by Crippen LogP contribution is 2.37. The molecule has 14 atom stereocenters. The number of amides is 1. The number of ether oxygens (including phenoxy) is 4. The number of aliphatic hydroxyl groups excluding tert-OH is 2. The van der Waals surface area contributed by atoms with E-state index in [0.717, 1.165) is 25.7 Å². The van der Waals surface area contributed by atoms with Crippen molar-refractivity contribution in [2.75, 3.05) is 40.8 Å². The van der Waals surface area contributed by atoms with Crippen molar-refractivity contribution >= 4 is 11.9 Å². The van der Waals surface area contributed by atoms with Crippen LogP contribution in [0.4, 0.5) is 0 Å². The highest BCUT2D eigenvalue weighted by molar-refractivity contribution is 5.75. The first-order valence-corrected chi connectivity index (χ1v) is 20.8. The topological polar surface area (TPSA) is 170 Å². The molecule has 1 amide bonds. The molecule has 318 valence electrons. The quantitative estimate of drug-likeness (QED) is 0.121. The Kier molecular flexibility index (Phi) is 20.3. The summed E-state index contributed by atoms with van der Waals surface area (Å²) >= 11 is 0. The van der Waals surface area contributed by atoms with E-state index in [2.05, 4.69) is 17.1 Å². The number of rotatable bonds is 15. The van der Waals surface area contributed by atoms with Crippen LogP contribution >= 0.6 is 0 Å². The maximum atomic E-state index is 13.8. The van der Waals surface area contributed by atoms with Crippen molar-refractivity contribution in [1.29, 1.82) is 0 Å². The van der Waals surface area contributed by atoms with Gasteiger partial charge in [0, 0.05) is 44.1 Å². The molecule has 2 saturated heterocycles. The van der Waals surface area contributed by atoms with Gasteiger partial charge < -0.3 is 54.5 Å². The molecule has 5 N–H and O–H groups in total. The fourth-order valence-corrected chi connectivity index (χ4v) is 8.52. The Bertz CT molecular complexity index is 1110. The molecule has 2 fully saturated rings. The van der Waals surface area contributed by atoms with E-state index in [9.17, 15) is 30.0 Å². The Labute approximate surface area is 326 Å². The number of hydrogen-bond donors (Lipinski definition) is 5. The second kappa shape index (κ2) is 22.5. The van der Waals surface area contributed by atoms with Crippen LogP contribution in [0.2, 0.25) is 0 Å². The molecule has 0 aliphatic carbocycles. The first-order valence-electron chi connectivity index (χ1n) is 20.8. The molecule has 2 aliphatic rings. The molecule has 0 radical (unpaired) electrons. The third-order valence-electron chi connectivity index (χ3n) is 11.9. The van der Waals surface area contributed by atoms with Crippen LogP contribution in [0.5, 0.6) is 0 Å². The second-order valence-electron chi connectivity index (χ2n) is 17.3. The predicted octanol–water partition coefficient (Wildman–Crippen LogP) is 3.87. The first kappa shape index (κ1) is 48.7. The Balaban J connectivity index is 2.35. The van der Waals surface area contributed by atoms with Gasteiger partial charge in [0.25, 0.3) is 0 Å². The number of esters is 1. The third kappa shape index (κ3) is 13.9. The fraction of sp³-hybridized carbons (Fsp3) is 0.951. The summed E-state index contributed by atoms with van der Waals surface area (Å²) in [6.07, 6.45) is 1.20. The van der Waals surface area contributed by atoms with Gasteiger partial charge in [-0.25, -0.2) is 0 Å². The van der Waals surface area contributed by atoms with Gasteiger partial charge in [-0.1, -0.05) is 53.4 Å². The molecule has 0 spiro atoms. The summed E-state index contributed by atoms with van der Waals surface area (Å²) in [6.45, 7) is 17.7. The number of cyclic esters (lactones) is 1. The van der Waals surface area contributed by atoms with E-state index in [-0.39, 0.29) is 43.0 Å². The van der Waals surface area contributed by atoms with Crippen LogP contribution in [0.3, 0.4) is 0 Å². The van der Waals surface area contributed by atoms with Gasteiger partial charge in [0.05, 0.1) is 29.8 Å². The van der Waals surface area contributed by atoms with Gasteiger partial charge in [0.15, 0.2) is 6.29 Å². The van der Waals surface area contributed by atoms with E-state index in [1.54, 1.807) is 27.7 Å². The van der Waals surface area contributed by atoms with Gasteiger partial charge in [-0.15, -0.1) is 0 Å². The number of hydrogen-bond acceptors (Lipinski definition) is 12. The van der Waals surface area contributed by atoms with Crippen molar-refractivity contribution in [2.24, 2.45) is 17.8 Å². The average molecular weight is 774 g/mol. The van der Waals surface area contributed by atoms with Crippen LogP contribution in [-0.2, 0) is 28.5 Å². The zero-order valence-corrected chi connectivity index (χ0v) is 35.8. The first-order chi connectivity index (χ1) is 25.2. The lowest BCUT2D eigenvalue weighted by Crippen LogP contribution is -2.60. The molecule has 2 aliphatic heterocycles. The molecule has 0 aromatic carbocycles. The standard InChI is InChI=1S/C41H79N3O10/c1-13-15-16-17-18-20-33(45)42-21-19-22-51-37-30(7)44(12)25-26(3)24-40(8,49)36(54-39-35(47)31(43(10)11)23-27(4)52-39)28(5)34(46)29(6)38(48)53-32(14-2)41(37,9)50/h26-32,34-37,39,46-47,49-50H,13-25H2,1-12H3,(H,42,45)/t26-,27-,28+,29-,30-,31+,32-,34+,35-,36-,37-,39+,40-,41-/m1/s1. The molecule has 13 heteroatoms. The van der Waals surface area contributed by atoms with E-state index < -0.39 is 65.8 Å². The molecule has 13 nitrogen and oxygen atoms in total. The van der Waals surface area contributed by atoms with Gasteiger partial charge in [0.1, 0.15) is 23.9 Å². The molecule has 0 saturated carbocycles. The third-order valence-corrected chi connectivity index (χ3v) is 11.9. The minimum Gasteiger partial charge on any atom is -0.459 e. The number of likely N-dealkylation sites (N-methyl/N-ethyl adjacent to an activating group) is 2. The smallest absolute Gasteiger partial charge is 0.311 e. The number of nitrogens with zero attached hydrogens (tertiary/aromatic N) is 2. The number of aliphatic hydroxyl groups is 4. The Hall–Kier alpha value is -1.42. The predicted molar refractivity (Wildman–Crippen MR) is 210 cm³/mol. The highest BCUT2D eigenvalue weighted by atomic mass is 16.7. The summed E-state index contributed by atoms with van der Waals surface area (Å²) in [5.74, 6) is -2.61. The lowest BCUT2D eigenvalue weighted by atomic mass is 9.78. The lowest BCUT2D eigenvalue weighted by Gasteiger charge is -2.46. The van der Waals surface area contributed by atoms with Gasteiger partial charge in [-0.2, -0.15) is 0 Å². The van der Waals surface area contributed by atoms with Crippen LogP contribution in [0.1, 0.15) is 127 Å². The molecule has 0 aromatic rings. The van der Waals surface area contributed by atoms with Crippen LogP contribution in [0, 0.1) is 17.8 Å². The van der Waals surface area contributed by atoms with Crippen molar-refractivity contribution in [3.05, 3.63) is 0 Å². The molecule has 0 aromatic heterocycles. The number of unbranched alkanes of at least 4 members (excludes halogenated alkanes) is 4. The molecule has 54 heavy (non-hydrogen) atoms. The monoisotopic (exact) mass is 774 g/mol. The minimum absolute atomic E-state index is 0.0244. The van der Waals surface area contributed by atoms with Gasteiger partial charge in [-0.05, 0) is 93.8 Å². The zero-order valence-electron chi connectivity index (χ0n) is 35.8. The van der Waals surface area contributed by atoms with E-state index in [4.69, 9.17) is 18.9 Å². The number of nitrogens with one attached hydrogen (secondary N) is 1. The molecule has 0 unspecified atom stereocenters. The lowest BCUT2D eigenvalue weighted by molar-refractivity contribution is -0.299. The molecular weight excluding hydrogens is 694 g/mol.